The molecule has 0 atom stereocenters. The summed E-state index contributed by atoms with van der Waals surface area (Å²) >= 11 is 0. The average Bonchev–Trinajstić information content (AvgIpc) is 2.67. The molecule has 1 aromatic heterocycles. The lowest BCUT2D eigenvalue weighted by atomic mass is 10.1. The maximum atomic E-state index is 13.1. The Balaban J connectivity index is 2.12. The van der Waals surface area contributed by atoms with E-state index in [9.17, 15) is 19.1 Å². The third-order valence-electron chi connectivity index (χ3n) is 4.43. The zero-order valence-corrected chi connectivity index (χ0v) is 15.6. The fraction of sp³-hybridized carbons (Fsp3) is 0.190. The van der Waals surface area contributed by atoms with Gasteiger partial charge in [-0.25, -0.2) is 13.8 Å². The van der Waals surface area contributed by atoms with Crippen LogP contribution >= 0.6 is 0 Å². The first-order chi connectivity index (χ1) is 13.4. The molecule has 0 amide bonds. The molecule has 0 bridgehead atoms. The largest absolute Gasteiger partial charge is 0.493 e. The summed E-state index contributed by atoms with van der Waals surface area (Å²) in [4.78, 5) is 31.5. The lowest BCUT2D eigenvalue weighted by Crippen LogP contribution is -2.33. The van der Waals surface area contributed by atoms with Crippen LogP contribution in [0.3, 0.4) is 0 Å². The van der Waals surface area contributed by atoms with Crippen LogP contribution in [0.2, 0.25) is 0 Å². The van der Waals surface area contributed by atoms with E-state index >= 15 is 0 Å². The Hall–Kier alpha value is -3.48. The number of aromatic hydroxyl groups is 1. The summed E-state index contributed by atoms with van der Waals surface area (Å²) in [5.41, 5.74) is 0.866. The third-order valence-corrected chi connectivity index (χ3v) is 4.43. The Morgan fingerprint density at radius 3 is 2.46 bits per heavy atom. The summed E-state index contributed by atoms with van der Waals surface area (Å²) in [6.45, 7) is 3.81. The molecule has 2 aromatic carbocycles. The van der Waals surface area contributed by atoms with Crippen molar-refractivity contribution in [2.45, 2.75) is 26.8 Å². The Morgan fingerprint density at radius 2 is 1.82 bits per heavy atom. The van der Waals surface area contributed by atoms with Crippen LogP contribution in [0.1, 0.15) is 30.0 Å². The Morgan fingerprint density at radius 1 is 1.14 bits per heavy atom. The van der Waals surface area contributed by atoms with E-state index in [-0.39, 0.29) is 17.9 Å². The minimum atomic E-state index is -0.727. The second-order valence-corrected chi connectivity index (χ2v) is 6.32. The predicted molar refractivity (Wildman–Crippen MR) is 106 cm³/mol. The number of para-hydroxylation sites is 1. The standard InChI is InChI=1S/C21H20FN3O3/c1-3-16(23-12-14-8-10-15(22)11-9-14)18-19(26)24-21(28)25(20(18)27)17-7-5-4-6-13(17)2/h4-11,27H,3,12H2,1-2H3,(H,24,26,28). The van der Waals surface area contributed by atoms with Crippen LogP contribution in [0.15, 0.2) is 63.1 Å². The predicted octanol–water partition coefficient (Wildman–Crippen LogP) is 3.08. The summed E-state index contributed by atoms with van der Waals surface area (Å²) < 4.78 is 14.1. The van der Waals surface area contributed by atoms with Crippen molar-refractivity contribution in [1.29, 1.82) is 0 Å². The van der Waals surface area contributed by atoms with Crippen molar-refractivity contribution in [2.75, 3.05) is 0 Å². The van der Waals surface area contributed by atoms with Crippen LogP contribution in [0.4, 0.5) is 4.39 Å². The molecular weight excluding hydrogens is 361 g/mol. The number of nitrogens with zero attached hydrogens (tertiary/aromatic N) is 2. The molecule has 7 heteroatoms. The van der Waals surface area contributed by atoms with E-state index in [1.165, 1.54) is 12.1 Å². The first kappa shape index (κ1) is 19.3. The second kappa shape index (κ2) is 8.04. The van der Waals surface area contributed by atoms with E-state index in [1.54, 1.807) is 44.2 Å². The maximum Gasteiger partial charge on any atom is 0.335 e. The molecule has 0 aliphatic carbocycles. The van der Waals surface area contributed by atoms with Crippen LogP contribution in [-0.2, 0) is 6.54 Å². The number of nitrogens with one attached hydrogen (secondary N) is 1. The molecule has 0 spiro atoms. The number of rotatable bonds is 5. The van der Waals surface area contributed by atoms with Gasteiger partial charge in [-0.15, -0.1) is 0 Å². The Kier molecular flexibility index (Phi) is 5.54. The monoisotopic (exact) mass is 381 g/mol. The van der Waals surface area contributed by atoms with E-state index in [0.717, 1.165) is 15.7 Å². The van der Waals surface area contributed by atoms with Crippen LogP contribution in [-0.4, -0.2) is 20.4 Å². The molecule has 0 aliphatic rings. The van der Waals surface area contributed by atoms with Gasteiger partial charge in [-0.3, -0.25) is 14.8 Å². The highest BCUT2D eigenvalue weighted by Crippen LogP contribution is 2.21. The number of H-pyrrole nitrogens is 1. The molecule has 144 valence electrons. The number of aromatic nitrogens is 2. The number of aromatic amines is 1. The van der Waals surface area contributed by atoms with E-state index in [2.05, 4.69) is 9.98 Å². The van der Waals surface area contributed by atoms with Gasteiger partial charge in [-0.1, -0.05) is 37.3 Å². The highest BCUT2D eigenvalue weighted by Gasteiger charge is 2.20. The summed E-state index contributed by atoms with van der Waals surface area (Å²) in [5.74, 6) is -0.800. The molecule has 28 heavy (non-hydrogen) atoms. The molecule has 2 N–H and O–H groups in total. The molecule has 0 aliphatic heterocycles. The van der Waals surface area contributed by atoms with Gasteiger partial charge in [-0.05, 0) is 42.7 Å². The van der Waals surface area contributed by atoms with E-state index in [0.29, 0.717) is 17.8 Å². The van der Waals surface area contributed by atoms with Crippen LogP contribution in [0.25, 0.3) is 5.69 Å². The molecular formula is C21H20FN3O3. The van der Waals surface area contributed by atoms with Crippen LogP contribution in [0, 0.1) is 12.7 Å². The van der Waals surface area contributed by atoms with Crippen LogP contribution in [0.5, 0.6) is 5.88 Å². The zero-order chi connectivity index (χ0) is 20.3. The van der Waals surface area contributed by atoms with Crippen molar-refractivity contribution in [3.05, 3.63) is 91.9 Å². The summed E-state index contributed by atoms with van der Waals surface area (Å²) in [7, 11) is 0. The number of benzene rings is 2. The first-order valence-corrected chi connectivity index (χ1v) is 8.84. The topological polar surface area (TPSA) is 87.4 Å². The van der Waals surface area contributed by atoms with Gasteiger partial charge >= 0.3 is 5.69 Å². The lowest BCUT2D eigenvalue weighted by molar-refractivity contribution is 0.429. The van der Waals surface area contributed by atoms with Gasteiger partial charge in [0.2, 0.25) is 5.88 Å². The van der Waals surface area contributed by atoms with Gasteiger partial charge in [0.25, 0.3) is 5.56 Å². The number of aliphatic imine (C=N–C) groups is 1. The lowest BCUT2D eigenvalue weighted by Gasteiger charge is -2.14. The highest BCUT2D eigenvalue weighted by molar-refractivity contribution is 6.02. The molecule has 3 rings (SSSR count). The molecule has 3 aromatic rings. The van der Waals surface area contributed by atoms with Gasteiger partial charge < -0.3 is 5.11 Å². The zero-order valence-electron chi connectivity index (χ0n) is 15.6. The number of hydrogen-bond acceptors (Lipinski definition) is 4. The second-order valence-electron chi connectivity index (χ2n) is 6.32. The van der Waals surface area contributed by atoms with Crippen molar-refractivity contribution in [3.63, 3.8) is 0 Å². The molecule has 0 saturated carbocycles. The quantitative estimate of drug-likeness (QED) is 0.666. The smallest absolute Gasteiger partial charge is 0.335 e. The van der Waals surface area contributed by atoms with Gasteiger partial charge in [0, 0.05) is 0 Å². The van der Waals surface area contributed by atoms with E-state index in [1.807, 2.05) is 6.07 Å². The van der Waals surface area contributed by atoms with Crippen molar-refractivity contribution >= 4 is 5.71 Å². The number of halogens is 1. The Labute approximate surface area is 160 Å². The maximum absolute atomic E-state index is 13.1. The number of aryl methyl sites for hydroxylation is 1. The van der Waals surface area contributed by atoms with Gasteiger partial charge in [-0.2, -0.15) is 0 Å². The fourth-order valence-corrected chi connectivity index (χ4v) is 2.97. The average molecular weight is 381 g/mol. The van der Waals surface area contributed by atoms with E-state index in [4.69, 9.17) is 0 Å². The van der Waals surface area contributed by atoms with Crippen LogP contribution < -0.4 is 11.2 Å². The Bertz CT molecular complexity index is 1140. The van der Waals surface area contributed by atoms with Crippen molar-refractivity contribution < 1.29 is 9.50 Å². The van der Waals surface area contributed by atoms with Crippen molar-refractivity contribution in [1.82, 2.24) is 9.55 Å². The normalized spacial score (nSPS) is 11.6. The van der Waals surface area contributed by atoms with Gasteiger partial charge in [0.15, 0.2) is 0 Å². The minimum Gasteiger partial charge on any atom is -0.493 e. The van der Waals surface area contributed by atoms with Crippen molar-refractivity contribution in [2.24, 2.45) is 4.99 Å². The fourth-order valence-electron chi connectivity index (χ4n) is 2.97. The third kappa shape index (κ3) is 3.78. The first-order valence-electron chi connectivity index (χ1n) is 8.84. The molecule has 6 nitrogen and oxygen atoms in total. The van der Waals surface area contributed by atoms with Crippen molar-refractivity contribution in [3.8, 4) is 11.6 Å². The minimum absolute atomic E-state index is 0.0486. The molecule has 0 fully saturated rings. The number of hydrogen-bond donors (Lipinski definition) is 2. The van der Waals surface area contributed by atoms with Gasteiger partial charge in [0.05, 0.1) is 17.9 Å². The SMILES string of the molecule is CCC(=NCc1ccc(F)cc1)c1c(O)n(-c2ccccc2C)c(=O)[nH]c1=O. The van der Waals surface area contributed by atoms with Gasteiger partial charge in [0.1, 0.15) is 11.4 Å². The summed E-state index contributed by atoms with van der Waals surface area (Å²) in [6.07, 6.45) is 0.365. The molecule has 1 heterocycles. The summed E-state index contributed by atoms with van der Waals surface area (Å²) in [6, 6.07) is 12.9. The molecule has 0 unspecified atom stereocenters. The highest BCUT2D eigenvalue weighted by atomic mass is 19.1. The molecule has 0 saturated heterocycles. The summed E-state index contributed by atoms with van der Waals surface area (Å²) in [5, 5.41) is 10.8. The molecule has 0 radical (unpaired) electrons. The van der Waals surface area contributed by atoms with E-state index < -0.39 is 17.1 Å².